The Morgan fingerprint density at radius 2 is 1.80 bits per heavy atom. The van der Waals surface area contributed by atoms with Gasteiger partial charge in [-0.3, -0.25) is 9.78 Å². The Labute approximate surface area is 86.8 Å². The maximum atomic E-state index is 10.8. The van der Waals surface area contributed by atoms with Crippen LogP contribution in [0.3, 0.4) is 0 Å². The summed E-state index contributed by atoms with van der Waals surface area (Å²) in [5.74, 6) is -0.567. The normalized spacial score (nSPS) is 9.87. The van der Waals surface area contributed by atoms with E-state index in [9.17, 15) is 4.79 Å². The molecule has 2 N–H and O–H groups in total. The van der Waals surface area contributed by atoms with E-state index in [0.717, 1.165) is 11.3 Å². The van der Waals surface area contributed by atoms with Gasteiger partial charge in [0.15, 0.2) is 0 Å². The van der Waals surface area contributed by atoms with Crippen molar-refractivity contribution in [3.63, 3.8) is 0 Å². The first-order valence-electron chi connectivity index (χ1n) is 4.44. The third-order valence-electron chi connectivity index (χ3n) is 1.97. The molecule has 4 heteroatoms. The molecule has 1 aromatic heterocycles. The monoisotopic (exact) mass is 199 g/mol. The Bertz CT molecular complexity index is 465. The van der Waals surface area contributed by atoms with Gasteiger partial charge in [-0.25, -0.2) is 4.98 Å². The number of aromatic nitrogens is 2. The first-order valence-corrected chi connectivity index (χ1v) is 4.44. The molecule has 15 heavy (non-hydrogen) atoms. The zero-order valence-electron chi connectivity index (χ0n) is 7.92. The molecule has 0 atom stereocenters. The van der Waals surface area contributed by atoms with E-state index in [0.29, 0.717) is 0 Å². The first kappa shape index (κ1) is 9.33. The molecule has 0 saturated heterocycles. The Morgan fingerprint density at radius 3 is 2.33 bits per heavy atom. The number of nitrogens with two attached hydrogens (primary N) is 1. The van der Waals surface area contributed by atoms with Crippen LogP contribution in [0.2, 0.25) is 0 Å². The predicted octanol–water partition coefficient (Wildman–Crippen LogP) is 1.24. The standard InChI is InChI=1S/C11H9N3O/c12-11(15)10-7-13-9(6-14-10)8-4-2-1-3-5-8/h1-7H,(H2,12,15). The van der Waals surface area contributed by atoms with Gasteiger partial charge < -0.3 is 5.73 Å². The van der Waals surface area contributed by atoms with Gasteiger partial charge in [-0.2, -0.15) is 0 Å². The van der Waals surface area contributed by atoms with Gasteiger partial charge in [-0.05, 0) is 0 Å². The van der Waals surface area contributed by atoms with Crippen LogP contribution in [0.5, 0.6) is 0 Å². The van der Waals surface area contributed by atoms with Crippen molar-refractivity contribution in [1.82, 2.24) is 9.97 Å². The third kappa shape index (κ3) is 1.99. The minimum Gasteiger partial charge on any atom is -0.364 e. The van der Waals surface area contributed by atoms with E-state index in [1.54, 1.807) is 0 Å². The van der Waals surface area contributed by atoms with Gasteiger partial charge in [-0.1, -0.05) is 30.3 Å². The number of nitrogens with zero attached hydrogens (tertiary/aromatic N) is 2. The van der Waals surface area contributed by atoms with Crippen molar-refractivity contribution in [2.75, 3.05) is 0 Å². The van der Waals surface area contributed by atoms with Crippen LogP contribution in [0.4, 0.5) is 0 Å². The molecule has 0 aliphatic rings. The highest BCUT2D eigenvalue weighted by molar-refractivity contribution is 5.90. The van der Waals surface area contributed by atoms with Crippen LogP contribution in [0, 0.1) is 0 Å². The molecule has 1 aromatic carbocycles. The van der Waals surface area contributed by atoms with Gasteiger partial charge in [0.1, 0.15) is 5.69 Å². The molecular formula is C11H9N3O. The fourth-order valence-corrected chi connectivity index (χ4v) is 1.21. The van der Waals surface area contributed by atoms with E-state index in [-0.39, 0.29) is 5.69 Å². The van der Waals surface area contributed by atoms with E-state index in [4.69, 9.17) is 5.73 Å². The average Bonchev–Trinajstić information content (AvgIpc) is 2.30. The van der Waals surface area contributed by atoms with Crippen molar-refractivity contribution < 1.29 is 4.79 Å². The number of rotatable bonds is 2. The number of carbonyl (C=O) groups excluding carboxylic acids is 1. The minimum atomic E-state index is -0.567. The van der Waals surface area contributed by atoms with E-state index in [2.05, 4.69) is 9.97 Å². The van der Waals surface area contributed by atoms with Gasteiger partial charge in [0, 0.05) is 5.56 Å². The van der Waals surface area contributed by atoms with E-state index < -0.39 is 5.91 Å². The fourth-order valence-electron chi connectivity index (χ4n) is 1.21. The molecule has 0 bridgehead atoms. The van der Waals surface area contributed by atoms with Crippen LogP contribution < -0.4 is 5.73 Å². The Hall–Kier alpha value is -2.23. The molecule has 0 saturated carbocycles. The van der Waals surface area contributed by atoms with E-state index >= 15 is 0 Å². The molecule has 0 radical (unpaired) electrons. The third-order valence-corrected chi connectivity index (χ3v) is 1.97. The van der Waals surface area contributed by atoms with Crippen LogP contribution in [-0.2, 0) is 0 Å². The summed E-state index contributed by atoms with van der Waals surface area (Å²) < 4.78 is 0. The van der Waals surface area contributed by atoms with Crippen molar-refractivity contribution in [1.29, 1.82) is 0 Å². The van der Waals surface area contributed by atoms with Crippen LogP contribution in [-0.4, -0.2) is 15.9 Å². The smallest absolute Gasteiger partial charge is 0.268 e. The maximum absolute atomic E-state index is 10.8. The Morgan fingerprint density at radius 1 is 1.07 bits per heavy atom. The highest BCUT2D eigenvalue weighted by atomic mass is 16.1. The summed E-state index contributed by atoms with van der Waals surface area (Å²) >= 11 is 0. The van der Waals surface area contributed by atoms with Gasteiger partial charge in [-0.15, -0.1) is 0 Å². The molecule has 4 nitrogen and oxygen atoms in total. The molecule has 0 unspecified atom stereocenters. The van der Waals surface area contributed by atoms with Crippen molar-refractivity contribution in [3.8, 4) is 11.3 Å². The summed E-state index contributed by atoms with van der Waals surface area (Å²) in [6.07, 6.45) is 2.92. The highest BCUT2D eigenvalue weighted by Crippen LogP contribution is 2.14. The van der Waals surface area contributed by atoms with Crippen molar-refractivity contribution in [2.24, 2.45) is 5.73 Å². The Balaban J connectivity index is 2.36. The van der Waals surface area contributed by atoms with E-state index in [1.807, 2.05) is 30.3 Å². The number of benzene rings is 1. The number of amides is 1. The summed E-state index contributed by atoms with van der Waals surface area (Å²) in [5.41, 5.74) is 6.92. The molecule has 0 fully saturated rings. The first-order chi connectivity index (χ1) is 7.27. The zero-order valence-corrected chi connectivity index (χ0v) is 7.92. The van der Waals surface area contributed by atoms with Crippen LogP contribution >= 0.6 is 0 Å². The average molecular weight is 199 g/mol. The topological polar surface area (TPSA) is 68.9 Å². The lowest BCUT2D eigenvalue weighted by Crippen LogP contribution is -2.13. The van der Waals surface area contributed by atoms with E-state index in [1.165, 1.54) is 12.4 Å². The van der Waals surface area contributed by atoms with Crippen molar-refractivity contribution >= 4 is 5.91 Å². The molecule has 74 valence electrons. The molecule has 0 aliphatic heterocycles. The molecule has 0 aliphatic carbocycles. The quantitative estimate of drug-likeness (QED) is 0.791. The second kappa shape index (κ2) is 3.88. The van der Waals surface area contributed by atoms with Crippen molar-refractivity contribution in [3.05, 3.63) is 48.4 Å². The van der Waals surface area contributed by atoms with Gasteiger partial charge in [0.2, 0.25) is 0 Å². The minimum absolute atomic E-state index is 0.176. The fraction of sp³-hybridized carbons (Fsp3) is 0. The van der Waals surface area contributed by atoms with Crippen molar-refractivity contribution in [2.45, 2.75) is 0 Å². The molecule has 0 spiro atoms. The molecule has 1 heterocycles. The lowest BCUT2D eigenvalue weighted by molar-refractivity contribution is 0.0995. The summed E-state index contributed by atoms with van der Waals surface area (Å²) in [5, 5.41) is 0. The van der Waals surface area contributed by atoms with Crippen LogP contribution in [0.25, 0.3) is 11.3 Å². The highest BCUT2D eigenvalue weighted by Gasteiger charge is 2.03. The summed E-state index contributed by atoms with van der Waals surface area (Å²) in [6.45, 7) is 0. The second-order valence-electron chi connectivity index (χ2n) is 3.02. The van der Waals surface area contributed by atoms with Gasteiger partial charge >= 0.3 is 0 Å². The number of hydrogen-bond acceptors (Lipinski definition) is 3. The molecular weight excluding hydrogens is 190 g/mol. The maximum Gasteiger partial charge on any atom is 0.268 e. The lowest BCUT2D eigenvalue weighted by Gasteiger charge is -1.99. The van der Waals surface area contributed by atoms with Gasteiger partial charge in [0.25, 0.3) is 5.91 Å². The molecule has 2 aromatic rings. The summed E-state index contributed by atoms with van der Waals surface area (Å²) in [4.78, 5) is 18.8. The SMILES string of the molecule is NC(=O)c1cnc(-c2ccccc2)cn1. The largest absolute Gasteiger partial charge is 0.364 e. The number of hydrogen-bond donors (Lipinski definition) is 1. The molecule has 2 rings (SSSR count). The summed E-state index contributed by atoms with van der Waals surface area (Å²) in [7, 11) is 0. The number of carbonyl (C=O) groups is 1. The number of primary amides is 1. The second-order valence-corrected chi connectivity index (χ2v) is 3.02. The lowest BCUT2D eigenvalue weighted by atomic mass is 10.2. The zero-order chi connectivity index (χ0) is 10.7. The van der Waals surface area contributed by atoms with Crippen LogP contribution in [0.1, 0.15) is 10.5 Å². The van der Waals surface area contributed by atoms with Gasteiger partial charge in [0.05, 0.1) is 18.1 Å². The van der Waals surface area contributed by atoms with Crippen LogP contribution in [0.15, 0.2) is 42.7 Å². The summed E-state index contributed by atoms with van der Waals surface area (Å²) in [6, 6.07) is 9.61. The predicted molar refractivity (Wildman–Crippen MR) is 56.0 cm³/mol. The Kier molecular flexibility index (Phi) is 2.41. The molecule has 1 amide bonds.